The van der Waals surface area contributed by atoms with Crippen molar-refractivity contribution in [1.82, 2.24) is 4.73 Å². The molecule has 2 aromatic rings. The van der Waals surface area contributed by atoms with Crippen molar-refractivity contribution in [3.63, 3.8) is 0 Å². The zero-order chi connectivity index (χ0) is 16.8. The average molecular weight is 357 g/mol. The lowest BCUT2D eigenvalue weighted by Crippen LogP contribution is -2.35. The lowest BCUT2D eigenvalue weighted by atomic mass is 10.2. The van der Waals surface area contributed by atoms with Gasteiger partial charge in [0.1, 0.15) is 5.52 Å². The van der Waals surface area contributed by atoms with Crippen LogP contribution in [0, 0.1) is 10.1 Å². The Kier molecular flexibility index (Phi) is 3.96. The van der Waals surface area contributed by atoms with Gasteiger partial charge in [-0.25, -0.2) is 4.79 Å². The Hall–Kier alpha value is -2.00. The molecular formula is C11H5Cl2F3N2O4. The highest BCUT2D eigenvalue weighted by molar-refractivity contribution is 6.42. The fourth-order valence-electron chi connectivity index (χ4n) is 1.81. The molecule has 0 unspecified atom stereocenters. The molecule has 0 aliphatic rings. The lowest BCUT2D eigenvalue weighted by Gasteiger charge is -2.20. The molecule has 2 rings (SSSR count). The number of esters is 1. The molecule has 118 valence electrons. The minimum absolute atomic E-state index is 0.172. The second-order valence-corrected chi connectivity index (χ2v) is 4.84. The van der Waals surface area contributed by atoms with E-state index in [4.69, 9.17) is 23.2 Å². The fourth-order valence-corrected chi connectivity index (χ4v) is 2.13. The quantitative estimate of drug-likeness (QED) is 0.581. The maximum atomic E-state index is 13.1. The van der Waals surface area contributed by atoms with Crippen molar-refractivity contribution >= 4 is 40.2 Å². The molecule has 6 nitrogen and oxygen atoms in total. The van der Waals surface area contributed by atoms with E-state index in [1.54, 1.807) is 0 Å². The number of aromatic nitrogens is 2. The van der Waals surface area contributed by atoms with Gasteiger partial charge in [0.2, 0.25) is 5.69 Å². The summed E-state index contributed by atoms with van der Waals surface area (Å²) in [5.74, 6) is -1.61. The Morgan fingerprint density at radius 2 is 1.86 bits per heavy atom. The second kappa shape index (κ2) is 5.33. The predicted octanol–water partition coefficient (Wildman–Crippen LogP) is 3.01. The van der Waals surface area contributed by atoms with Gasteiger partial charge in [0.25, 0.3) is 5.52 Å². The van der Waals surface area contributed by atoms with E-state index in [-0.39, 0.29) is 14.5 Å². The Bertz CT molecular complexity index is 848. The molecule has 22 heavy (non-hydrogen) atoms. The summed E-state index contributed by atoms with van der Waals surface area (Å²) >= 11 is 11.3. The van der Waals surface area contributed by atoms with Crippen LogP contribution in [0.1, 0.15) is 16.2 Å². The summed E-state index contributed by atoms with van der Waals surface area (Å²) in [7, 11) is 0.774. The van der Waals surface area contributed by atoms with E-state index in [1.165, 1.54) is 0 Å². The number of methoxy groups -OCH3 is 1. The van der Waals surface area contributed by atoms with Gasteiger partial charge in [0.15, 0.2) is 0 Å². The van der Waals surface area contributed by atoms with Crippen LogP contribution in [0.25, 0.3) is 11.0 Å². The molecule has 0 radical (unpaired) electrons. The van der Waals surface area contributed by atoms with Gasteiger partial charge in [-0.3, -0.25) is 0 Å². The van der Waals surface area contributed by atoms with Crippen LogP contribution in [0.5, 0.6) is 0 Å². The van der Waals surface area contributed by atoms with Crippen LogP contribution in [0.15, 0.2) is 12.1 Å². The van der Waals surface area contributed by atoms with Gasteiger partial charge in [-0.2, -0.15) is 13.2 Å². The van der Waals surface area contributed by atoms with Crippen molar-refractivity contribution in [2.24, 2.45) is 0 Å². The predicted molar refractivity (Wildman–Crippen MR) is 70.4 cm³/mol. The van der Waals surface area contributed by atoms with Crippen molar-refractivity contribution in [2.75, 3.05) is 7.11 Å². The standard InChI is InChI=1S/C11H5Cl2F3N2O4/c1-22-10(19)8-9(11(14,15)16)18(21)7-3-5(13)4(12)2-6(7)17(8)20/h2-3H,1H3. The first-order valence-electron chi connectivity index (χ1n) is 5.43. The van der Waals surface area contributed by atoms with Crippen molar-refractivity contribution in [3.8, 4) is 0 Å². The summed E-state index contributed by atoms with van der Waals surface area (Å²) in [5.41, 5.74) is -4.74. The van der Waals surface area contributed by atoms with Crippen LogP contribution in [-0.2, 0) is 10.9 Å². The van der Waals surface area contributed by atoms with Crippen LogP contribution in [0.4, 0.5) is 13.2 Å². The monoisotopic (exact) mass is 356 g/mol. The largest absolute Gasteiger partial charge is 0.805 e. The van der Waals surface area contributed by atoms with Gasteiger partial charge < -0.3 is 14.7 Å². The maximum Gasteiger partial charge on any atom is 0.438 e. The number of benzene rings is 1. The normalized spacial score (nSPS) is 11.7. The minimum atomic E-state index is -5.27. The number of halogens is 5. The van der Waals surface area contributed by atoms with E-state index in [0.29, 0.717) is 0 Å². The number of alkyl halides is 3. The number of carbonyl (C=O) groups is 1. The smallest absolute Gasteiger partial charge is 0.438 e. The summed E-state index contributed by atoms with van der Waals surface area (Å²) in [4.78, 5) is 23.6. The highest BCUT2D eigenvalue weighted by Crippen LogP contribution is 2.34. The van der Waals surface area contributed by atoms with E-state index in [9.17, 15) is 28.1 Å². The zero-order valence-corrected chi connectivity index (χ0v) is 12.1. The summed E-state index contributed by atoms with van der Waals surface area (Å²) in [6, 6.07) is 1.68. The third kappa shape index (κ3) is 2.46. The molecule has 1 heterocycles. The molecule has 0 saturated heterocycles. The molecule has 0 atom stereocenters. The van der Waals surface area contributed by atoms with Crippen LogP contribution in [0.3, 0.4) is 0 Å². The first-order chi connectivity index (χ1) is 10.1. The van der Waals surface area contributed by atoms with E-state index in [1.807, 2.05) is 0 Å². The van der Waals surface area contributed by atoms with Crippen molar-refractivity contribution in [1.29, 1.82) is 0 Å². The molecule has 11 heteroatoms. The molecule has 1 aromatic heterocycles. The average Bonchev–Trinajstić information content (AvgIpc) is 2.42. The zero-order valence-electron chi connectivity index (χ0n) is 10.6. The number of hydrogen-bond donors (Lipinski definition) is 0. The van der Waals surface area contributed by atoms with Gasteiger partial charge >= 0.3 is 17.8 Å². The number of nitrogens with zero attached hydrogens (tertiary/aromatic N) is 2. The summed E-state index contributed by atoms with van der Waals surface area (Å²) in [5, 5.41) is 11.6. The van der Waals surface area contributed by atoms with Gasteiger partial charge in [0.05, 0.1) is 21.6 Å². The molecule has 1 aromatic carbocycles. The van der Waals surface area contributed by atoms with Crippen molar-refractivity contribution in [3.05, 3.63) is 43.7 Å². The molecule has 0 aliphatic carbocycles. The van der Waals surface area contributed by atoms with Gasteiger partial charge in [0, 0.05) is 11.0 Å². The summed E-state index contributed by atoms with van der Waals surface area (Å²) in [6.45, 7) is 0. The van der Waals surface area contributed by atoms with E-state index < -0.39 is 39.3 Å². The molecule has 0 saturated carbocycles. The molecule has 0 fully saturated rings. The van der Waals surface area contributed by atoms with Gasteiger partial charge in [-0.05, 0) is 6.07 Å². The number of carbonyl (C=O) groups excluding carboxylic acids is 1. The highest BCUT2D eigenvalue weighted by Gasteiger charge is 2.45. The third-order valence-corrected chi connectivity index (χ3v) is 3.45. The Balaban J connectivity index is 3.11. The van der Waals surface area contributed by atoms with Crippen LogP contribution in [-0.4, -0.2) is 17.8 Å². The van der Waals surface area contributed by atoms with Gasteiger partial charge in [-0.15, -0.1) is 0 Å². The molecule has 0 aliphatic heterocycles. The molecule has 0 amide bonds. The maximum absolute atomic E-state index is 13.1. The number of hydrogen-bond acceptors (Lipinski definition) is 4. The van der Waals surface area contributed by atoms with E-state index in [2.05, 4.69) is 4.74 Å². The molecule has 0 spiro atoms. The number of rotatable bonds is 1. The Morgan fingerprint density at radius 3 is 2.36 bits per heavy atom. The van der Waals surface area contributed by atoms with Crippen molar-refractivity contribution < 1.29 is 27.1 Å². The summed E-state index contributed by atoms with van der Waals surface area (Å²) < 4.78 is 42.3. The van der Waals surface area contributed by atoms with Crippen LogP contribution < -0.4 is 4.43 Å². The SMILES string of the molecule is COC(=O)c1c(C(F)(F)F)n([O-])c2cc(Cl)c(Cl)cc2[n+]1=O. The van der Waals surface area contributed by atoms with Crippen molar-refractivity contribution in [2.45, 2.75) is 6.18 Å². The fraction of sp³-hybridized carbons (Fsp3) is 0.182. The van der Waals surface area contributed by atoms with Crippen LogP contribution >= 0.6 is 23.2 Å². The Morgan fingerprint density at radius 1 is 1.32 bits per heavy atom. The van der Waals surface area contributed by atoms with E-state index in [0.717, 1.165) is 19.2 Å². The highest BCUT2D eigenvalue weighted by atomic mass is 35.5. The minimum Gasteiger partial charge on any atom is -0.805 e. The first kappa shape index (κ1) is 16.4. The molecule has 0 N–H and O–H groups in total. The Labute approximate surface area is 129 Å². The number of fused-ring (bicyclic) bond motifs is 1. The van der Waals surface area contributed by atoms with E-state index >= 15 is 0 Å². The molecule has 0 bridgehead atoms. The molecular weight excluding hydrogens is 352 g/mol. The lowest BCUT2D eigenvalue weighted by molar-refractivity contribution is -0.471. The second-order valence-electron chi connectivity index (χ2n) is 4.03. The van der Waals surface area contributed by atoms with Gasteiger partial charge in [-0.1, -0.05) is 23.2 Å². The number of ether oxygens (including phenoxy) is 1. The first-order valence-corrected chi connectivity index (χ1v) is 6.18. The van der Waals surface area contributed by atoms with Crippen LogP contribution in [0.2, 0.25) is 10.0 Å². The topological polar surface area (TPSA) is 77.3 Å². The third-order valence-electron chi connectivity index (χ3n) is 2.73. The summed E-state index contributed by atoms with van der Waals surface area (Å²) in [6.07, 6.45) is -5.27.